The van der Waals surface area contributed by atoms with E-state index in [0.29, 0.717) is 27.9 Å². The van der Waals surface area contributed by atoms with E-state index in [1.54, 1.807) is 22.8 Å². The quantitative estimate of drug-likeness (QED) is 0.412. The van der Waals surface area contributed by atoms with Gasteiger partial charge in [0.15, 0.2) is 0 Å². The predicted octanol–water partition coefficient (Wildman–Crippen LogP) is 2.38. The summed E-state index contributed by atoms with van der Waals surface area (Å²) in [6.45, 7) is 6.42. The Hall–Kier alpha value is -4.69. The lowest BCUT2D eigenvalue weighted by Crippen LogP contribution is -2.12. The minimum Gasteiger partial charge on any atom is -0.366 e. The van der Waals surface area contributed by atoms with E-state index in [0.717, 1.165) is 17.7 Å². The van der Waals surface area contributed by atoms with Crippen LogP contribution in [0.2, 0.25) is 0 Å². The number of hydrogen-bond acceptors (Lipinski definition) is 5. The van der Waals surface area contributed by atoms with Crippen LogP contribution in [0.1, 0.15) is 29.3 Å². The number of aromatic nitrogens is 5. The van der Waals surface area contributed by atoms with Crippen LogP contribution in [0.3, 0.4) is 0 Å². The molecule has 0 atom stereocenters. The zero-order valence-electron chi connectivity index (χ0n) is 16.7. The first-order chi connectivity index (χ1) is 15.0. The van der Waals surface area contributed by atoms with E-state index >= 15 is 0 Å². The van der Waals surface area contributed by atoms with Crippen molar-refractivity contribution < 1.29 is 4.79 Å². The second-order valence-electron chi connectivity index (χ2n) is 6.72. The average Bonchev–Trinajstić information content (AvgIpc) is 3.44. The number of aryl methyl sites for hydroxylation is 1. The molecule has 150 valence electrons. The van der Waals surface area contributed by atoms with Crippen LogP contribution in [0.4, 0.5) is 0 Å². The van der Waals surface area contributed by atoms with E-state index < -0.39 is 5.91 Å². The fraction of sp³-hybridized carbons (Fsp3) is 0.0870. The van der Waals surface area contributed by atoms with Crippen molar-refractivity contribution in [3.63, 3.8) is 0 Å². The molecule has 0 aliphatic carbocycles. The Kier molecular flexibility index (Phi) is 5.05. The first-order valence-corrected chi connectivity index (χ1v) is 9.41. The fourth-order valence-corrected chi connectivity index (χ4v) is 3.06. The minimum atomic E-state index is -0.601. The molecular weight excluding hydrogens is 390 g/mol. The van der Waals surface area contributed by atoms with Crippen molar-refractivity contribution in [2.45, 2.75) is 13.5 Å². The number of hydrogen-bond donors (Lipinski definition) is 1. The van der Waals surface area contributed by atoms with Crippen LogP contribution in [0.15, 0.2) is 55.8 Å². The summed E-state index contributed by atoms with van der Waals surface area (Å²) in [5.74, 6) is 5.51. The molecule has 4 aromatic rings. The Labute approximate surface area is 178 Å². The normalized spacial score (nSPS) is 10.3. The highest BCUT2D eigenvalue weighted by atomic mass is 16.1. The van der Waals surface area contributed by atoms with Gasteiger partial charge in [-0.3, -0.25) is 9.48 Å². The molecule has 0 aromatic carbocycles. The smallest absolute Gasteiger partial charge is 0.248 e. The zero-order valence-corrected chi connectivity index (χ0v) is 16.7. The van der Waals surface area contributed by atoms with E-state index in [-0.39, 0.29) is 5.57 Å². The molecule has 0 saturated heterocycles. The molecule has 31 heavy (non-hydrogen) atoms. The average molecular weight is 407 g/mol. The van der Waals surface area contributed by atoms with E-state index in [1.807, 2.05) is 30.1 Å². The first kappa shape index (κ1) is 19.6. The van der Waals surface area contributed by atoms with Gasteiger partial charge < -0.3 is 5.73 Å². The fourth-order valence-electron chi connectivity index (χ4n) is 3.06. The van der Waals surface area contributed by atoms with Crippen molar-refractivity contribution >= 4 is 17.0 Å². The maximum Gasteiger partial charge on any atom is 0.248 e. The summed E-state index contributed by atoms with van der Waals surface area (Å²) in [7, 11) is 0. The number of carbonyl (C=O) groups is 1. The van der Waals surface area contributed by atoms with Crippen LogP contribution >= 0.6 is 0 Å². The Morgan fingerprint density at radius 3 is 2.61 bits per heavy atom. The van der Waals surface area contributed by atoms with Crippen molar-refractivity contribution in [3.05, 3.63) is 78.1 Å². The summed E-state index contributed by atoms with van der Waals surface area (Å²) in [6.07, 6.45) is 8.59. The third-order valence-corrected chi connectivity index (χ3v) is 4.76. The molecule has 0 aliphatic rings. The molecule has 0 saturated carbocycles. The molecule has 0 radical (unpaired) electrons. The highest BCUT2D eigenvalue weighted by Gasteiger charge is 2.12. The maximum absolute atomic E-state index is 11.3. The highest BCUT2D eigenvalue weighted by molar-refractivity contribution is 6.17. The number of rotatable bonds is 4. The van der Waals surface area contributed by atoms with Crippen LogP contribution in [-0.4, -0.2) is 30.3 Å². The monoisotopic (exact) mass is 407 g/mol. The number of carbonyl (C=O) groups excluding carboxylic acids is 1. The third-order valence-electron chi connectivity index (χ3n) is 4.76. The molecule has 2 N–H and O–H groups in total. The van der Waals surface area contributed by atoms with Gasteiger partial charge in [-0.15, -0.1) is 0 Å². The Morgan fingerprint density at radius 2 is 1.97 bits per heavy atom. The van der Waals surface area contributed by atoms with Crippen molar-refractivity contribution in [1.82, 2.24) is 24.4 Å². The Morgan fingerprint density at radius 1 is 1.13 bits per heavy atom. The van der Waals surface area contributed by atoms with Gasteiger partial charge in [-0.25, -0.2) is 9.50 Å². The van der Waals surface area contributed by atoms with Gasteiger partial charge in [0.2, 0.25) is 5.91 Å². The van der Waals surface area contributed by atoms with Crippen molar-refractivity contribution in [2.24, 2.45) is 5.73 Å². The summed E-state index contributed by atoms with van der Waals surface area (Å²) in [6, 6.07) is 7.44. The molecule has 8 nitrogen and oxygen atoms in total. The van der Waals surface area contributed by atoms with E-state index in [2.05, 4.69) is 39.7 Å². The highest BCUT2D eigenvalue weighted by Crippen LogP contribution is 2.24. The number of nitriles is 1. The summed E-state index contributed by atoms with van der Waals surface area (Å²) in [5, 5.41) is 18.1. The minimum absolute atomic E-state index is 0.187. The first-order valence-electron chi connectivity index (χ1n) is 9.41. The summed E-state index contributed by atoms with van der Waals surface area (Å²) in [4.78, 5) is 15.5. The molecule has 0 fully saturated rings. The van der Waals surface area contributed by atoms with Gasteiger partial charge in [0.05, 0.1) is 29.0 Å². The molecule has 1 amide bonds. The summed E-state index contributed by atoms with van der Waals surface area (Å²) in [5.41, 5.74) is 9.98. The van der Waals surface area contributed by atoms with Gasteiger partial charge in [-0.05, 0) is 31.0 Å². The van der Waals surface area contributed by atoms with Crippen molar-refractivity contribution in [1.29, 1.82) is 5.26 Å². The lowest BCUT2D eigenvalue weighted by atomic mass is 10.1. The van der Waals surface area contributed by atoms with Crippen LogP contribution < -0.4 is 5.73 Å². The van der Waals surface area contributed by atoms with Gasteiger partial charge in [-0.1, -0.05) is 12.5 Å². The van der Waals surface area contributed by atoms with Gasteiger partial charge in [0, 0.05) is 47.4 Å². The molecular formula is C23H17N7O. The van der Waals surface area contributed by atoms with Crippen LogP contribution in [0.25, 0.3) is 22.2 Å². The topological polar surface area (TPSA) is 115 Å². The van der Waals surface area contributed by atoms with Crippen LogP contribution in [-0.2, 0) is 11.3 Å². The van der Waals surface area contributed by atoms with Crippen molar-refractivity contribution in [3.8, 4) is 29.0 Å². The van der Waals surface area contributed by atoms with Gasteiger partial charge in [-0.2, -0.15) is 15.5 Å². The standard InChI is InChI=1S/C23H17N7O/c1-3-29-13-20(12-27-29)18-8-16(22-19(9-24)11-28-30(22)14-18)4-6-21-7-5-17(10-26-21)15(2)23(25)31/h5,7-8,10-14H,2-3H2,1H3,(H2,25,31). The van der Waals surface area contributed by atoms with Crippen LogP contribution in [0, 0.1) is 23.2 Å². The maximum atomic E-state index is 11.3. The van der Waals surface area contributed by atoms with Crippen LogP contribution in [0.5, 0.6) is 0 Å². The summed E-state index contributed by atoms with van der Waals surface area (Å²) < 4.78 is 3.48. The second-order valence-corrected chi connectivity index (χ2v) is 6.72. The van der Waals surface area contributed by atoms with E-state index in [4.69, 9.17) is 5.73 Å². The zero-order chi connectivity index (χ0) is 22.0. The SMILES string of the molecule is C=C(C(N)=O)c1ccc(C#Cc2cc(-c3cnn(CC)c3)cn3ncc(C#N)c23)nc1. The summed E-state index contributed by atoms with van der Waals surface area (Å²) >= 11 is 0. The molecule has 4 heterocycles. The van der Waals surface area contributed by atoms with E-state index in [9.17, 15) is 10.1 Å². The van der Waals surface area contributed by atoms with E-state index in [1.165, 1.54) is 12.4 Å². The largest absolute Gasteiger partial charge is 0.366 e. The number of amides is 1. The lowest BCUT2D eigenvalue weighted by molar-refractivity contribution is -0.112. The van der Waals surface area contributed by atoms with Crippen molar-refractivity contribution in [2.75, 3.05) is 0 Å². The number of fused-ring (bicyclic) bond motifs is 1. The number of primary amides is 1. The molecule has 0 unspecified atom stereocenters. The third kappa shape index (κ3) is 3.78. The molecule has 0 aliphatic heterocycles. The number of pyridine rings is 2. The van der Waals surface area contributed by atoms with Gasteiger partial charge in [0.1, 0.15) is 11.8 Å². The predicted molar refractivity (Wildman–Crippen MR) is 115 cm³/mol. The Balaban J connectivity index is 1.78. The molecule has 0 spiro atoms. The molecule has 0 bridgehead atoms. The number of nitrogens with zero attached hydrogens (tertiary/aromatic N) is 6. The lowest BCUT2D eigenvalue weighted by Gasteiger charge is -2.03. The Bertz CT molecular complexity index is 1420. The second kappa shape index (κ2) is 7.97. The molecule has 4 aromatic heterocycles. The van der Waals surface area contributed by atoms with Gasteiger partial charge in [0.25, 0.3) is 0 Å². The van der Waals surface area contributed by atoms with Gasteiger partial charge >= 0.3 is 0 Å². The number of nitrogens with two attached hydrogens (primary N) is 1. The molecule has 8 heteroatoms. The molecule has 4 rings (SSSR count).